The second-order valence-electron chi connectivity index (χ2n) is 5.98. The molecule has 0 heterocycles. The largest absolute Gasteiger partial charge is 0.378 e. The highest BCUT2D eigenvalue weighted by Crippen LogP contribution is 2.34. The van der Waals surface area contributed by atoms with Gasteiger partial charge in [-0.25, -0.2) is 0 Å². The van der Waals surface area contributed by atoms with Gasteiger partial charge in [0.25, 0.3) is 0 Å². The van der Waals surface area contributed by atoms with Crippen LogP contribution in [0.1, 0.15) is 67.2 Å². The van der Waals surface area contributed by atoms with Gasteiger partial charge in [0.05, 0.1) is 0 Å². The lowest BCUT2D eigenvalue weighted by atomic mass is 9.75. The van der Waals surface area contributed by atoms with Crippen LogP contribution in [0.4, 0.5) is 0 Å². The number of rotatable bonds is 5. The van der Waals surface area contributed by atoms with Crippen molar-refractivity contribution in [1.29, 1.82) is 0 Å². The van der Waals surface area contributed by atoms with Gasteiger partial charge in [0.2, 0.25) is 0 Å². The van der Waals surface area contributed by atoms with E-state index in [1.54, 1.807) is 0 Å². The van der Waals surface area contributed by atoms with E-state index in [-0.39, 0.29) is 5.41 Å². The molecule has 16 heavy (non-hydrogen) atoms. The van der Waals surface area contributed by atoms with Crippen molar-refractivity contribution >= 4 is 0 Å². The zero-order valence-electron chi connectivity index (χ0n) is 11.9. The van der Waals surface area contributed by atoms with Gasteiger partial charge in [-0.3, -0.25) is 0 Å². The fourth-order valence-electron chi connectivity index (χ4n) is 2.01. The third-order valence-corrected chi connectivity index (χ3v) is 2.97. The summed E-state index contributed by atoms with van der Waals surface area (Å²) in [5.41, 5.74) is -0.643. The van der Waals surface area contributed by atoms with Gasteiger partial charge in [0.1, 0.15) is 5.60 Å². The first-order valence-corrected chi connectivity index (χ1v) is 6.47. The van der Waals surface area contributed by atoms with Crippen molar-refractivity contribution in [2.45, 2.75) is 72.8 Å². The van der Waals surface area contributed by atoms with Gasteiger partial charge in [-0.2, -0.15) is 0 Å². The molecule has 0 spiro atoms. The fraction of sp³-hybridized carbons (Fsp3) is 0.867. The number of hydrogen-bond acceptors (Lipinski definition) is 1. The van der Waals surface area contributed by atoms with Crippen LogP contribution in [0.5, 0.6) is 0 Å². The molecule has 0 fully saturated rings. The molecule has 1 N–H and O–H groups in total. The summed E-state index contributed by atoms with van der Waals surface area (Å²) >= 11 is 0. The maximum absolute atomic E-state index is 10.6. The van der Waals surface area contributed by atoms with E-state index in [0.29, 0.717) is 5.92 Å². The number of aliphatic hydroxyl groups is 1. The van der Waals surface area contributed by atoms with E-state index >= 15 is 0 Å². The van der Waals surface area contributed by atoms with Crippen molar-refractivity contribution in [1.82, 2.24) is 0 Å². The van der Waals surface area contributed by atoms with Crippen molar-refractivity contribution in [3.8, 4) is 11.8 Å². The molecule has 0 rings (SSSR count). The summed E-state index contributed by atoms with van der Waals surface area (Å²) in [6, 6.07) is 0. The molecule has 1 nitrogen and oxygen atoms in total. The van der Waals surface area contributed by atoms with E-state index in [1.807, 2.05) is 6.92 Å². The molecule has 0 radical (unpaired) electrons. The lowest BCUT2D eigenvalue weighted by Gasteiger charge is -2.33. The molecule has 0 aromatic carbocycles. The predicted octanol–water partition coefficient (Wildman–Crippen LogP) is 4.00. The minimum absolute atomic E-state index is 0.159. The lowest BCUT2D eigenvalue weighted by molar-refractivity contribution is 0.0310. The molecule has 1 atom stereocenters. The summed E-state index contributed by atoms with van der Waals surface area (Å²) in [5.74, 6) is 6.59. The van der Waals surface area contributed by atoms with Gasteiger partial charge in [-0.05, 0) is 24.2 Å². The molecule has 94 valence electrons. The zero-order valence-corrected chi connectivity index (χ0v) is 11.9. The minimum Gasteiger partial charge on any atom is -0.378 e. The first kappa shape index (κ1) is 15.5. The molecule has 1 heteroatoms. The summed E-state index contributed by atoms with van der Waals surface area (Å²) in [6.07, 6.45) is 3.42. The van der Waals surface area contributed by atoms with Gasteiger partial charge in [0.15, 0.2) is 0 Å². The summed E-state index contributed by atoms with van der Waals surface area (Å²) < 4.78 is 0. The Hall–Kier alpha value is -0.480. The van der Waals surface area contributed by atoms with Crippen molar-refractivity contribution < 1.29 is 5.11 Å². The van der Waals surface area contributed by atoms with Crippen molar-refractivity contribution in [3.63, 3.8) is 0 Å². The van der Waals surface area contributed by atoms with Crippen LogP contribution in [0.25, 0.3) is 0 Å². The van der Waals surface area contributed by atoms with Gasteiger partial charge >= 0.3 is 0 Å². The molecule has 0 aromatic heterocycles. The van der Waals surface area contributed by atoms with Crippen molar-refractivity contribution in [2.24, 2.45) is 11.3 Å². The van der Waals surface area contributed by atoms with Crippen LogP contribution >= 0.6 is 0 Å². The van der Waals surface area contributed by atoms with Crippen LogP contribution in [-0.4, -0.2) is 10.7 Å². The van der Waals surface area contributed by atoms with Crippen LogP contribution in [0.2, 0.25) is 0 Å². The molecule has 0 aliphatic carbocycles. The first-order chi connectivity index (χ1) is 7.24. The van der Waals surface area contributed by atoms with Crippen LogP contribution < -0.4 is 0 Å². The van der Waals surface area contributed by atoms with Crippen molar-refractivity contribution in [2.75, 3.05) is 0 Å². The summed E-state index contributed by atoms with van der Waals surface area (Å²) in [6.45, 7) is 12.9. The van der Waals surface area contributed by atoms with Crippen LogP contribution in [0.3, 0.4) is 0 Å². The molecular weight excluding hydrogens is 196 g/mol. The Morgan fingerprint density at radius 3 is 2.12 bits per heavy atom. The Morgan fingerprint density at radius 1 is 1.19 bits per heavy atom. The smallest absolute Gasteiger partial charge is 0.126 e. The highest BCUT2D eigenvalue weighted by atomic mass is 16.3. The molecular formula is C15H28O. The monoisotopic (exact) mass is 224 g/mol. The number of hydrogen-bond donors (Lipinski definition) is 1. The molecule has 0 amide bonds. The molecule has 0 aliphatic rings. The van der Waals surface area contributed by atoms with Crippen LogP contribution in [0.15, 0.2) is 0 Å². The lowest BCUT2D eigenvalue weighted by Crippen LogP contribution is -2.34. The Morgan fingerprint density at radius 2 is 1.75 bits per heavy atom. The SMILES string of the molecule is CCC#CC(O)(CC(C)C)CC(C)(C)CC. The Labute approximate surface area is 102 Å². The standard InChI is InChI=1S/C15H28O/c1-7-9-10-15(16,11-13(3)4)12-14(5,6)8-2/h13,16H,7-8,11-12H2,1-6H3. The average molecular weight is 224 g/mol. The maximum atomic E-state index is 10.6. The Bertz CT molecular complexity index is 254. The van der Waals surface area contributed by atoms with Gasteiger partial charge in [-0.15, -0.1) is 5.92 Å². The normalized spacial score (nSPS) is 15.5. The Balaban J connectivity index is 4.79. The molecule has 0 bridgehead atoms. The zero-order chi connectivity index (χ0) is 12.8. The molecule has 0 aliphatic heterocycles. The molecule has 0 saturated heterocycles. The van der Waals surface area contributed by atoms with E-state index in [1.165, 1.54) is 0 Å². The second-order valence-corrected chi connectivity index (χ2v) is 5.98. The molecule has 0 saturated carbocycles. The summed E-state index contributed by atoms with van der Waals surface area (Å²) in [4.78, 5) is 0. The van der Waals surface area contributed by atoms with Gasteiger partial charge in [-0.1, -0.05) is 53.9 Å². The van der Waals surface area contributed by atoms with Crippen LogP contribution in [-0.2, 0) is 0 Å². The average Bonchev–Trinajstić information content (AvgIpc) is 2.12. The summed E-state index contributed by atoms with van der Waals surface area (Å²) in [5, 5.41) is 10.6. The predicted molar refractivity (Wildman–Crippen MR) is 71.2 cm³/mol. The van der Waals surface area contributed by atoms with E-state index in [2.05, 4.69) is 46.5 Å². The Kier molecular flexibility index (Phi) is 6.11. The highest BCUT2D eigenvalue weighted by Gasteiger charge is 2.32. The second kappa shape index (κ2) is 6.30. The van der Waals surface area contributed by atoms with E-state index < -0.39 is 5.60 Å². The third kappa shape index (κ3) is 6.18. The molecule has 0 aromatic rings. The highest BCUT2D eigenvalue weighted by molar-refractivity contribution is 5.14. The quantitative estimate of drug-likeness (QED) is 0.700. The first-order valence-electron chi connectivity index (χ1n) is 6.47. The minimum atomic E-state index is -0.802. The summed E-state index contributed by atoms with van der Waals surface area (Å²) in [7, 11) is 0. The van der Waals surface area contributed by atoms with Crippen molar-refractivity contribution in [3.05, 3.63) is 0 Å². The third-order valence-electron chi connectivity index (χ3n) is 2.97. The molecule has 1 unspecified atom stereocenters. The fourth-order valence-corrected chi connectivity index (χ4v) is 2.01. The van der Waals surface area contributed by atoms with E-state index in [4.69, 9.17) is 0 Å². The maximum Gasteiger partial charge on any atom is 0.126 e. The van der Waals surface area contributed by atoms with E-state index in [9.17, 15) is 5.11 Å². The van der Waals surface area contributed by atoms with E-state index in [0.717, 1.165) is 25.7 Å². The van der Waals surface area contributed by atoms with Gasteiger partial charge in [0, 0.05) is 6.42 Å². The topological polar surface area (TPSA) is 20.2 Å². The van der Waals surface area contributed by atoms with Gasteiger partial charge < -0.3 is 5.11 Å². The van der Waals surface area contributed by atoms with Crippen LogP contribution in [0, 0.1) is 23.2 Å².